The lowest BCUT2D eigenvalue weighted by Crippen LogP contribution is -2.35. The van der Waals surface area contributed by atoms with Gasteiger partial charge in [-0.25, -0.2) is 4.98 Å². The van der Waals surface area contributed by atoms with Gasteiger partial charge in [-0.15, -0.1) is 0 Å². The summed E-state index contributed by atoms with van der Waals surface area (Å²) in [6, 6.07) is 0.753. The second-order valence-corrected chi connectivity index (χ2v) is 6.46. The number of hydrogen-bond acceptors (Lipinski definition) is 2. The van der Waals surface area contributed by atoms with Gasteiger partial charge in [0, 0.05) is 24.8 Å². The van der Waals surface area contributed by atoms with Crippen LogP contribution < -0.4 is 5.32 Å². The van der Waals surface area contributed by atoms with Crippen molar-refractivity contribution >= 4 is 0 Å². The first-order valence-electron chi connectivity index (χ1n) is 8.09. The van der Waals surface area contributed by atoms with Gasteiger partial charge in [0.2, 0.25) is 0 Å². The van der Waals surface area contributed by atoms with E-state index in [1.165, 1.54) is 62.8 Å². The summed E-state index contributed by atoms with van der Waals surface area (Å²) in [7, 11) is 0. The van der Waals surface area contributed by atoms with Gasteiger partial charge in [0.15, 0.2) is 0 Å². The van der Waals surface area contributed by atoms with Gasteiger partial charge in [0.05, 0.1) is 12.0 Å². The number of fused-ring (bicyclic) bond motifs is 1. The molecule has 0 spiro atoms. The van der Waals surface area contributed by atoms with Crippen LogP contribution in [0.5, 0.6) is 0 Å². The third kappa shape index (κ3) is 3.19. The quantitative estimate of drug-likeness (QED) is 0.903. The Bertz CT molecular complexity index is 410. The minimum absolute atomic E-state index is 0.753. The van der Waals surface area contributed by atoms with Crippen LogP contribution in [-0.4, -0.2) is 22.1 Å². The third-order valence-electron chi connectivity index (χ3n) is 4.83. The van der Waals surface area contributed by atoms with Gasteiger partial charge in [-0.1, -0.05) is 19.8 Å². The van der Waals surface area contributed by atoms with Crippen LogP contribution in [0.4, 0.5) is 0 Å². The molecule has 106 valence electrons. The fourth-order valence-corrected chi connectivity index (χ4v) is 3.73. The lowest BCUT2D eigenvalue weighted by atomic mass is 9.87. The van der Waals surface area contributed by atoms with E-state index in [0.29, 0.717) is 0 Å². The molecule has 0 aliphatic heterocycles. The highest BCUT2D eigenvalue weighted by Gasteiger charge is 2.18. The molecule has 0 aromatic carbocycles. The predicted molar refractivity (Wildman–Crippen MR) is 78.3 cm³/mol. The maximum Gasteiger partial charge on any atom is 0.0952 e. The van der Waals surface area contributed by atoms with Crippen molar-refractivity contribution in [3.8, 4) is 0 Å². The van der Waals surface area contributed by atoms with E-state index < -0.39 is 0 Å². The Morgan fingerprint density at radius 3 is 3.05 bits per heavy atom. The zero-order valence-electron chi connectivity index (χ0n) is 12.2. The Labute approximate surface area is 116 Å². The molecule has 19 heavy (non-hydrogen) atoms. The molecule has 1 saturated carbocycles. The van der Waals surface area contributed by atoms with Crippen LogP contribution >= 0.6 is 0 Å². The summed E-state index contributed by atoms with van der Waals surface area (Å²) in [5.74, 6) is 0.909. The number of imidazole rings is 1. The van der Waals surface area contributed by atoms with Crippen LogP contribution in [-0.2, 0) is 19.4 Å². The second-order valence-electron chi connectivity index (χ2n) is 6.46. The maximum atomic E-state index is 4.57. The van der Waals surface area contributed by atoms with E-state index in [2.05, 4.69) is 28.1 Å². The number of hydrogen-bond donors (Lipinski definition) is 1. The second kappa shape index (κ2) is 6.08. The van der Waals surface area contributed by atoms with Gasteiger partial charge in [-0.05, 0) is 44.4 Å². The summed E-state index contributed by atoms with van der Waals surface area (Å²) in [4.78, 5) is 4.57. The Morgan fingerprint density at radius 2 is 2.16 bits per heavy atom. The number of rotatable bonds is 4. The van der Waals surface area contributed by atoms with Crippen molar-refractivity contribution < 1.29 is 0 Å². The van der Waals surface area contributed by atoms with Crippen molar-refractivity contribution in [3.05, 3.63) is 17.7 Å². The molecule has 0 amide bonds. The van der Waals surface area contributed by atoms with Gasteiger partial charge in [-0.2, -0.15) is 0 Å². The van der Waals surface area contributed by atoms with E-state index in [0.717, 1.165) is 25.0 Å². The van der Waals surface area contributed by atoms with Crippen LogP contribution in [0.15, 0.2) is 6.33 Å². The lowest BCUT2D eigenvalue weighted by molar-refractivity contribution is 0.299. The Balaban J connectivity index is 1.48. The monoisotopic (exact) mass is 261 g/mol. The highest BCUT2D eigenvalue weighted by atomic mass is 15.1. The van der Waals surface area contributed by atoms with E-state index in [1.807, 2.05) is 0 Å². The minimum Gasteiger partial charge on any atom is -0.333 e. The summed E-state index contributed by atoms with van der Waals surface area (Å²) in [6.45, 7) is 4.58. The fourth-order valence-electron chi connectivity index (χ4n) is 3.73. The average Bonchev–Trinajstić information content (AvgIpc) is 2.83. The van der Waals surface area contributed by atoms with Gasteiger partial charge in [0.25, 0.3) is 0 Å². The smallest absolute Gasteiger partial charge is 0.0952 e. The summed E-state index contributed by atoms with van der Waals surface area (Å²) < 4.78 is 2.38. The predicted octanol–water partition coefficient (Wildman–Crippen LogP) is 2.93. The molecule has 2 aliphatic rings. The standard InChI is InChI=1S/C16H27N3/c1-13-5-4-6-14(11-13)17-9-10-19-12-18-15-7-2-3-8-16(15)19/h12-14,17H,2-11H2,1H3. The third-order valence-corrected chi connectivity index (χ3v) is 4.83. The van der Waals surface area contributed by atoms with E-state index in [-0.39, 0.29) is 0 Å². The molecule has 0 radical (unpaired) electrons. The molecule has 1 N–H and O–H groups in total. The first kappa shape index (κ1) is 13.2. The van der Waals surface area contributed by atoms with Crippen LogP contribution in [0.3, 0.4) is 0 Å². The maximum absolute atomic E-state index is 4.57. The minimum atomic E-state index is 0.753. The summed E-state index contributed by atoms with van der Waals surface area (Å²) >= 11 is 0. The van der Waals surface area contributed by atoms with Crippen molar-refractivity contribution in [2.24, 2.45) is 5.92 Å². The van der Waals surface area contributed by atoms with E-state index in [1.54, 1.807) is 0 Å². The molecule has 1 aromatic rings. The van der Waals surface area contributed by atoms with Crippen LogP contribution in [0.25, 0.3) is 0 Å². The Kier molecular flexibility index (Phi) is 4.21. The molecular weight excluding hydrogens is 234 g/mol. The average molecular weight is 261 g/mol. The summed E-state index contributed by atoms with van der Waals surface area (Å²) in [6.07, 6.45) is 12.7. The van der Waals surface area contributed by atoms with Crippen LogP contribution in [0.1, 0.15) is 56.8 Å². The van der Waals surface area contributed by atoms with Crippen molar-refractivity contribution in [2.75, 3.05) is 6.54 Å². The highest BCUT2D eigenvalue weighted by molar-refractivity contribution is 5.16. The molecule has 0 bridgehead atoms. The van der Waals surface area contributed by atoms with Gasteiger partial charge in [-0.3, -0.25) is 0 Å². The van der Waals surface area contributed by atoms with Gasteiger partial charge in [0.1, 0.15) is 0 Å². The number of aromatic nitrogens is 2. The summed E-state index contributed by atoms with van der Waals surface area (Å²) in [5, 5.41) is 3.75. The number of nitrogens with zero attached hydrogens (tertiary/aromatic N) is 2. The van der Waals surface area contributed by atoms with Crippen LogP contribution in [0.2, 0.25) is 0 Å². The van der Waals surface area contributed by atoms with Crippen molar-refractivity contribution in [2.45, 2.75) is 70.9 Å². The number of aryl methyl sites for hydroxylation is 1. The highest BCUT2D eigenvalue weighted by Crippen LogP contribution is 2.23. The fraction of sp³-hybridized carbons (Fsp3) is 0.812. The first-order chi connectivity index (χ1) is 9.33. The van der Waals surface area contributed by atoms with Crippen molar-refractivity contribution in [3.63, 3.8) is 0 Å². The van der Waals surface area contributed by atoms with Crippen molar-refractivity contribution in [1.29, 1.82) is 0 Å². The molecule has 1 aromatic heterocycles. The zero-order valence-corrected chi connectivity index (χ0v) is 12.2. The Morgan fingerprint density at radius 1 is 1.26 bits per heavy atom. The van der Waals surface area contributed by atoms with Gasteiger partial charge >= 0.3 is 0 Å². The van der Waals surface area contributed by atoms with E-state index in [9.17, 15) is 0 Å². The molecule has 2 unspecified atom stereocenters. The topological polar surface area (TPSA) is 29.9 Å². The van der Waals surface area contributed by atoms with Crippen molar-refractivity contribution in [1.82, 2.24) is 14.9 Å². The molecule has 2 atom stereocenters. The van der Waals surface area contributed by atoms with Gasteiger partial charge < -0.3 is 9.88 Å². The molecule has 1 fully saturated rings. The molecule has 0 saturated heterocycles. The molecular formula is C16H27N3. The Hall–Kier alpha value is -0.830. The normalized spacial score (nSPS) is 27.2. The largest absolute Gasteiger partial charge is 0.333 e. The molecule has 3 rings (SSSR count). The molecule has 2 aliphatic carbocycles. The lowest BCUT2D eigenvalue weighted by Gasteiger charge is -2.27. The summed E-state index contributed by atoms with van der Waals surface area (Å²) in [5.41, 5.74) is 2.86. The molecule has 3 heteroatoms. The molecule has 1 heterocycles. The van der Waals surface area contributed by atoms with Crippen LogP contribution in [0, 0.1) is 5.92 Å². The number of nitrogens with one attached hydrogen (secondary N) is 1. The SMILES string of the molecule is CC1CCCC(NCCn2cnc3c2CCCC3)C1. The first-order valence-corrected chi connectivity index (χ1v) is 8.09. The van der Waals surface area contributed by atoms with E-state index >= 15 is 0 Å². The zero-order chi connectivity index (χ0) is 13.1. The molecule has 3 nitrogen and oxygen atoms in total. The van der Waals surface area contributed by atoms with E-state index in [4.69, 9.17) is 0 Å².